The van der Waals surface area contributed by atoms with Gasteiger partial charge in [-0.3, -0.25) is 4.90 Å². The van der Waals surface area contributed by atoms with Crippen molar-refractivity contribution in [2.75, 3.05) is 19.7 Å². The molecule has 0 bridgehead atoms. The number of aliphatic hydroxyl groups excluding tert-OH is 1. The summed E-state index contributed by atoms with van der Waals surface area (Å²) in [5.41, 5.74) is -0.286. The van der Waals surface area contributed by atoms with Gasteiger partial charge in [0.2, 0.25) is 0 Å². The second-order valence-electron chi connectivity index (χ2n) is 5.97. The molecule has 106 valence electrons. The summed E-state index contributed by atoms with van der Waals surface area (Å²) in [6.45, 7) is -0.388. The fourth-order valence-electron chi connectivity index (χ4n) is 3.08. The molecule has 0 aromatic carbocycles. The minimum atomic E-state index is -4.13. The number of hydrogen-bond donors (Lipinski definition) is 1. The van der Waals surface area contributed by atoms with Gasteiger partial charge in [0.25, 0.3) is 0 Å². The highest BCUT2D eigenvalue weighted by Crippen LogP contribution is 2.40. The van der Waals surface area contributed by atoms with Gasteiger partial charge in [-0.1, -0.05) is 19.3 Å². The Hall–Kier alpha value is -0.290. The lowest BCUT2D eigenvalue weighted by atomic mass is 9.74. The predicted octanol–water partition coefficient (Wildman–Crippen LogP) is 2.96. The average Bonchev–Trinajstić information content (AvgIpc) is 3.11. The molecular weight excluding hydrogens is 243 g/mol. The van der Waals surface area contributed by atoms with Crippen LogP contribution in [0.1, 0.15) is 44.9 Å². The fraction of sp³-hybridized carbons (Fsp3) is 1.00. The Kier molecular flexibility index (Phi) is 4.22. The summed E-state index contributed by atoms with van der Waals surface area (Å²) < 4.78 is 37.7. The van der Waals surface area contributed by atoms with Crippen LogP contribution in [0.3, 0.4) is 0 Å². The van der Waals surface area contributed by atoms with E-state index in [1.807, 2.05) is 0 Å². The van der Waals surface area contributed by atoms with Gasteiger partial charge < -0.3 is 5.11 Å². The van der Waals surface area contributed by atoms with Gasteiger partial charge >= 0.3 is 6.18 Å². The van der Waals surface area contributed by atoms with Crippen LogP contribution in [0.15, 0.2) is 0 Å². The first-order chi connectivity index (χ1) is 8.44. The molecule has 0 aromatic heterocycles. The van der Waals surface area contributed by atoms with Crippen LogP contribution in [0.2, 0.25) is 0 Å². The molecule has 0 saturated heterocycles. The van der Waals surface area contributed by atoms with Crippen molar-refractivity contribution in [3.63, 3.8) is 0 Å². The second-order valence-corrected chi connectivity index (χ2v) is 5.97. The van der Waals surface area contributed by atoms with Crippen LogP contribution in [0.5, 0.6) is 0 Å². The molecule has 0 atom stereocenters. The van der Waals surface area contributed by atoms with Crippen molar-refractivity contribution >= 4 is 0 Å². The molecule has 18 heavy (non-hydrogen) atoms. The van der Waals surface area contributed by atoms with Crippen LogP contribution in [-0.4, -0.2) is 41.9 Å². The third-order valence-corrected chi connectivity index (χ3v) is 4.23. The van der Waals surface area contributed by atoms with E-state index in [0.717, 1.165) is 44.9 Å². The topological polar surface area (TPSA) is 23.5 Å². The third kappa shape index (κ3) is 3.85. The van der Waals surface area contributed by atoms with Gasteiger partial charge in [0, 0.05) is 24.6 Å². The minimum absolute atomic E-state index is 0.0219. The van der Waals surface area contributed by atoms with Gasteiger partial charge in [-0.15, -0.1) is 0 Å². The molecule has 2 saturated carbocycles. The van der Waals surface area contributed by atoms with E-state index >= 15 is 0 Å². The van der Waals surface area contributed by atoms with Crippen LogP contribution in [0, 0.1) is 5.41 Å². The summed E-state index contributed by atoms with van der Waals surface area (Å²) >= 11 is 0. The molecule has 2 aliphatic rings. The van der Waals surface area contributed by atoms with Gasteiger partial charge in [-0.2, -0.15) is 13.2 Å². The Balaban J connectivity index is 1.98. The number of hydrogen-bond acceptors (Lipinski definition) is 2. The van der Waals surface area contributed by atoms with E-state index < -0.39 is 12.7 Å². The smallest absolute Gasteiger partial charge is 0.396 e. The maximum atomic E-state index is 12.6. The highest BCUT2D eigenvalue weighted by molar-refractivity contribution is 4.92. The minimum Gasteiger partial charge on any atom is -0.396 e. The Morgan fingerprint density at radius 3 is 2.17 bits per heavy atom. The standard InChI is InChI=1S/C13H22F3NO/c14-13(15,16)9-17(11-4-5-11)8-12(10-18)6-2-1-3-7-12/h11,18H,1-10H2. The van der Waals surface area contributed by atoms with Crippen LogP contribution < -0.4 is 0 Å². The quantitative estimate of drug-likeness (QED) is 0.826. The number of nitrogens with zero attached hydrogens (tertiary/aromatic N) is 1. The fourth-order valence-corrected chi connectivity index (χ4v) is 3.08. The lowest BCUT2D eigenvalue weighted by Gasteiger charge is -2.40. The monoisotopic (exact) mass is 265 g/mol. The second kappa shape index (κ2) is 5.37. The molecule has 0 aliphatic heterocycles. The summed E-state index contributed by atoms with van der Waals surface area (Å²) in [5.74, 6) is 0. The molecule has 0 unspecified atom stereocenters. The van der Waals surface area contributed by atoms with E-state index in [9.17, 15) is 18.3 Å². The van der Waals surface area contributed by atoms with E-state index in [2.05, 4.69) is 0 Å². The average molecular weight is 265 g/mol. The molecular formula is C13H22F3NO. The van der Waals surface area contributed by atoms with Crippen LogP contribution in [0.25, 0.3) is 0 Å². The summed E-state index contributed by atoms with van der Waals surface area (Å²) in [6, 6.07) is 0.0944. The Labute approximate surface area is 106 Å². The first-order valence-electron chi connectivity index (χ1n) is 6.86. The Morgan fingerprint density at radius 1 is 1.11 bits per heavy atom. The number of aliphatic hydroxyl groups is 1. The molecule has 2 fully saturated rings. The molecule has 2 aliphatic carbocycles. The molecule has 5 heteroatoms. The molecule has 1 N–H and O–H groups in total. The molecule has 0 spiro atoms. The van der Waals surface area contributed by atoms with Gasteiger partial charge in [0.1, 0.15) is 0 Å². The van der Waals surface area contributed by atoms with E-state index in [0.29, 0.717) is 6.54 Å². The molecule has 0 amide bonds. The van der Waals surface area contributed by atoms with Gasteiger partial charge in [0.05, 0.1) is 6.54 Å². The first-order valence-corrected chi connectivity index (χ1v) is 6.86. The zero-order chi connectivity index (χ0) is 13.2. The van der Waals surface area contributed by atoms with Crippen LogP contribution >= 0.6 is 0 Å². The van der Waals surface area contributed by atoms with Gasteiger partial charge in [0.15, 0.2) is 0 Å². The lowest BCUT2D eigenvalue weighted by Crippen LogP contribution is -2.46. The molecule has 2 nitrogen and oxygen atoms in total. The largest absolute Gasteiger partial charge is 0.401 e. The van der Waals surface area contributed by atoms with Gasteiger partial charge in [-0.25, -0.2) is 0 Å². The van der Waals surface area contributed by atoms with Crippen molar-refractivity contribution in [2.45, 2.75) is 57.2 Å². The van der Waals surface area contributed by atoms with Crippen molar-refractivity contribution in [3.05, 3.63) is 0 Å². The van der Waals surface area contributed by atoms with Crippen molar-refractivity contribution in [3.8, 4) is 0 Å². The Bertz CT molecular complexity index is 270. The van der Waals surface area contributed by atoms with E-state index in [1.165, 1.54) is 0 Å². The van der Waals surface area contributed by atoms with Crippen LogP contribution in [-0.2, 0) is 0 Å². The van der Waals surface area contributed by atoms with Gasteiger partial charge in [-0.05, 0) is 25.7 Å². The molecule has 2 rings (SSSR count). The Morgan fingerprint density at radius 2 is 1.72 bits per heavy atom. The molecule has 0 radical (unpaired) electrons. The number of alkyl halides is 3. The first kappa shape index (κ1) is 14.1. The number of halogens is 3. The van der Waals surface area contributed by atoms with Crippen molar-refractivity contribution in [2.24, 2.45) is 5.41 Å². The summed E-state index contributed by atoms with van der Waals surface area (Å²) in [7, 11) is 0. The van der Waals surface area contributed by atoms with E-state index in [4.69, 9.17) is 0 Å². The number of rotatable bonds is 5. The maximum absolute atomic E-state index is 12.6. The SMILES string of the molecule is OCC1(CN(CC(F)(F)F)C2CC2)CCCCC1. The van der Waals surface area contributed by atoms with E-state index in [1.54, 1.807) is 4.90 Å². The maximum Gasteiger partial charge on any atom is 0.401 e. The van der Waals surface area contributed by atoms with Crippen molar-refractivity contribution in [1.29, 1.82) is 0 Å². The zero-order valence-electron chi connectivity index (χ0n) is 10.7. The third-order valence-electron chi connectivity index (χ3n) is 4.23. The zero-order valence-corrected chi connectivity index (χ0v) is 10.7. The summed E-state index contributed by atoms with van der Waals surface area (Å²) in [4.78, 5) is 1.56. The van der Waals surface area contributed by atoms with Crippen molar-refractivity contribution in [1.82, 2.24) is 4.90 Å². The lowest BCUT2D eigenvalue weighted by molar-refractivity contribution is -0.152. The highest BCUT2D eigenvalue weighted by Gasteiger charge is 2.42. The molecule has 0 aromatic rings. The molecule has 0 heterocycles. The van der Waals surface area contributed by atoms with E-state index in [-0.39, 0.29) is 18.1 Å². The summed E-state index contributed by atoms with van der Waals surface area (Å²) in [6.07, 6.45) is 2.55. The predicted molar refractivity (Wildman–Crippen MR) is 63.3 cm³/mol. The van der Waals surface area contributed by atoms with Crippen LogP contribution in [0.4, 0.5) is 13.2 Å². The summed E-state index contributed by atoms with van der Waals surface area (Å²) in [5, 5.41) is 9.58. The van der Waals surface area contributed by atoms with Crippen molar-refractivity contribution < 1.29 is 18.3 Å². The highest BCUT2D eigenvalue weighted by atomic mass is 19.4. The normalized spacial score (nSPS) is 24.5.